The van der Waals surface area contributed by atoms with Crippen LogP contribution >= 0.6 is 11.8 Å². The molecule has 0 radical (unpaired) electrons. The van der Waals surface area contributed by atoms with Gasteiger partial charge in [-0.2, -0.15) is 5.10 Å². The highest BCUT2D eigenvalue weighted by Crippen LogP contribution is 2.32. The Bertz CT molecular complexity index is 1210. The van der Waals surface area contributed by atoms with Crippen molar-refractivity contribution in [1.82, 2.24) is 14.9 Å². The lowest BCUT2D eigenvalue weighted by Crippen LogP contribution is -2.14. The number of carbonyl (C=O) groups is 1. The number of nitrogens with two attached hydrogens (primary N) is 1. The fraction of sp³-hybridized carbons (Fsp3) is 0.238. The van der Waals surface area contributed by atoms with Crippen molar-refractivity contribution in [2.45, 2.75) is 12.1 Å². The van der Waals surface area contributed by atoms with Crippen molar-refractivity contribution in [3.05, 3.63) is 47.5 Å². The van der Waals surface area contributed by atoms with Gasteiger partial charge in [0.2, 0.25) is 11.9 Å². The number of ether oxygens (including phenoxy) is 4. The smallest absolute Gasteiger partial charge is 0.264 e. The molecule has 172 valence electrons. The van der Waals surface area contributed by atoms with Gasteiger partial charge in [-0.25, -0.2) is 10.1 Å². The SMILES string of the molecule is COc1ccc(C(=O)CSc2nnc(N/N=C(\C)c3ccc4c(c3)OCO4)n2N)cc1OC. The van der Waals surface area contributed by atoms with Gasteiger partial charge in [-0.05, 0) is 43.3 Å². The Labute approximate surface area is 193 Å². The van der Waals surface area contributed by atoms with Gasteiger partial charge in [0.1, 0.15) is 0 Å². The molecule has 3 aromatic rings. The molecule has 0 fully saturated rings. The van der Waals surface area contributed by atoms with E-state index in [0.29, 0.717) is 39.4 Å². The molecule has 2 aromatic carbocycles. The number of methoxy groups -OCH3 is 2. The number of rotatable bonds is 9. The molecule has 0 saturated heterocycles. The number of hydrogen-bond donors (Lipinski definition) is 2. The average Bonchev–Trinajstić information content (AvgIpc) is 3.46. The van der Waals surface area contributed by atoms with Crippen LogP contribution in [0, 0.1) is 0 Å². The minimum absolute atomic E-state index is 0.115. The molecule has 3 N–H and O–H groups in total. The van der Waals surface area contributed by atoms with Crippen LogP contribution < -0.4 is 30.2 Å². The number of nitrogens with one attached hydrogen (secondary N) is 1. The maximum absolute atomic E-state index is 12.6. The zero-order valence-corrected chi connectivity index (χ0v) is 19.0. The number of thioether (sulfide) groups is 1. The van der Waals surface area contributed by atoms with E-state index in [4.69, 9.17) is 24.8 Å². The fourth-order valence-electron chi connectivity index (χ4n) is 2.99. The first-order chi connectivity index (χ1) is 16.0. The summed E-state index contributed by atoms with van der Waals surface area (Å²) >= 11 is 1.16. The zero-order chi connectivity index (χ0) is 23.4. The topological polar surface area (TPSA) is 135 Å². The van der Waals surface area contributed by atoms with Crippen LogP contribution in [0.3, 0.4) is 0 Å². The Balaban J connectivity index is 1.38. The summed E-state index contributed by atoms with van der Waals surface area (Å²) < 4.78 is 22.4. The van der Waals surface area contributed by atoms with Crippen molar-refractivity contribution in [1.29, 1.82) is 0 Å². The van der Waals surface area contributed by atoms with E-state index in [1.165, 1.54) is 18.9 Å². The number of nitrogen functional groups attached to an aromatic ring is 1. The number of carbonyl (C=O) groups excluding carboxylic acids is 1. The summed E-state index contributed by atoms with van der Waals surface area (Å²) in [6, 6.07) is 10.5. The van der Waals surface area contributed by atoms with Crippen LogP contribution in [0.4, 0.5) is 5.95 Å². The maximum Gasteiger partial charge on any atom is 0.264 e. The number of hydrazone groups is 1. The summed E-state index contributed by atoms with van der Waals surface area (Å²) in [5.74, 6) is 8.70. The third-order valence-electron chi connectivity index (χ3n) is 4.82. The van der Waals surface area contributed by atoms with Gasteiger partial charge in [0, 0.05) is 11.1 Å². The number of ketones is 1. The number of benzene rings is 2. The number of aromatic nitrogens is 3. The van der Waals surface area contributed by atoms with Crippen LogP contribution in [0.15, 0.2) is 46.7 Å². The van der Waals surface area contributed by atoms with Gasteiger partial charge in [0.05, 0.1) is 25.7 Å². The number of nitrogens with zero attached hydrogens (tertiary/aromatic N) is 4. The van der Waals surface area contributed by atoms with E-state index in [1.807, 2.05) is 25.1 Å². The predicted molar refractivity (Wildman–Crippen MR) is 123 cm³/mol. The average molecular weight is 471 g/mol. The van der Waals surface area contributed by atoms with Crippen molar-refractivity contribution in [2.75, 3.05) is 38.0 Å². The van der Waals surface area contributed by atoms with Gasteiger partial charge >= 0.3 is 0 Å². The Hall–Kier alpha value is -3.93. The van der Waals surface area contributed by atoms with E-state index in [9.17, 15) is 4.79 Å². The minimum Gasteiger partial charge on any atom is -0.493 e. The molecule has 33 heavy (non-hydrogen) atoms. The fourth-order valence-corrected chi connectivity index (χ4v) is 3.75. The van der Waals surface area contributed by atoms with Crippen LogP contribution in [-0.2, 0) is 0 Å². The lowest BCUT2D eigenvalue weighted by Gasteiger charge is -2.09. The molecule has 0 saturated carbocycles. The van der Waals surface area contributed by atoms with E-state index in [1.54, 1.807) is 18.2 Å². The molecule has 0 spiro atoms. The minimum atomic E-state index is -0.116. The summed E-state index contributed by atoms with van der Waals surface area (Å²) in [6.45, 7) is 2.04. The van der Waals surface area contributed by atoms with Gasteiger partial charge in [-0.3, -0.25) is 4.79 Å². The Morgan fingerprint density at radius 1 is 1.12 bits per heavy atom. The normalized spacial score (nSPS) is 12.5. The predicted octanol–water partition coefficient (Wildman–Crippen LogP) is 2.55. The van der Waals surface area contributed by atoms with Crippen molar-refractivity contribution in [3.63, 3.8) is 0 Å². The second-order valence-corrected chi connectivity index (χ2v) is 7.78. The summed E-state index contributed by atoms with van der Waals surface area (Å²) in [6.07, 6.45) is 0. The van der Waals surface area contributed by atoms with E-state index in [2.05, 4.69) is 20.7 Å². The summed E-state index contributed by atoms with van der Waals surface area (Å²) in [7, 11) is 3.05. The third-order valence-corrected chi connectivity index (χ3v) is 5.76. The molecule has 0 atom stereocenters. The van der Waals surface area contributed by atoms with Crippen LogP contribution in [0.2, 0.25) is 0 Å². The number of anilines is 1. The summed E-state index contributed by atoms with van der Waals surface area (Å²) in [5, 5.41) is 12.7. The van der Waals surface area contributed by atoms with E-state index < -0.39 is 0 Å². The van der Waals surface area contributed by atoms with Crippen LogP contribution in [0.25, 0.3) is 0 Å². The zero-order valence-electron chi connectivity index (χ0n) is 18.2. The molecule has 0 unspecified atom stereocenters. The van der Waals surface area contributed by atoms with E-state index >= 15 is 0 Å². The van der Waals surface area contributed by atoms with Crippen molar-refractivity contribution in [2.24, 2.45) is 5.10 Å². The van der Waals surface area contributed by atoms with E-state index in [0.717, 1.165) is 17.3 Å². The Morgan fingerprint density at radius 2 is 1.88 bits per heavy atom. The van der Waals surface area contributed by atoms with Crippen molar-refractivity contribution >= 4 is 29.2 Å². The first-order valence-corrected chi connectivity index (χ1v) is 10.8. The highest BCUT2D eigenvalue weighted by molar-refractivity contribution is 7.99. The van der Waals surface area contributed by atoms with Crippen LogP contribution in [-0.4, -0.2) is 53.1 Å². The molecule has 0 bridgehead atoms. The molecular weight excluding hydrogens is 448 g/mol. The van der Waals surface area contributed by atoms with Crippen molar-refractivity contribution in [3.8, 4) is 23.0 Å². The lowest BCUT2D eigenvalue weighted by atomic mass is 10.1. The molecule has 11 nitrogen and oxygen atoms in total. The molecule has 0 amide bonds. The summed E-state index contributed by atoms with van der Waals surface area (Å²) in [5.41, 5.74) is 4.83. The molecule has 2 heterocycles. The second-order valence-electron chi connectivity index (χ2n) is 6.83. The van der Waals surface area contributed by atoms with Crippen LogP contribution in [0.1, 0.15) is 22.8 Å². The highest BCUT2D eigenvalue weighted by atomic mass is 32.2. The Morgan fingerprint density at radius 3 is 2.67 bits per heavy atom. The first kappa shape index (κ1) is 22.3. The van der Waals surface area contributed by atoms with Gasteiger partial charge in [0.25, 0.3) is 5.95 Å². The van der Waals surface area contributed by atoms with Crippen molar-refractivity contribution < 1.29 is 23.7 Å². The Kier molecular flexibility index (Phi) is 6.54. The van der Waals surface area contributed by atoms with Gasteiger partial charge in [0.15, 0.2) is 28.8 Å². The standard InChI is InChI=1S/C21H22N6O5S/c1-12(13-4-7-17-19(8-13)32-11-31-17)23-24-20-25-26-21(27(20)22)33-10-15(28)14-5-6-16(29-2)18(9-14)30-3/h4-9H,10-11,22H2,1-3H3,(H,24,25)/b23-12+. The molecule has 1 aliphatic rings. The van der Waals surface area contributed by atoms with Gasteiger partial charge in [-0.15, -0.1) is 10.2 Å². The summed E-state index contributed by atoms with van der Waals surface area (Å²) in [4.78, 5) is 12.6. The number of Topliss-reactive ketones (excluding diaryl/α,β-unsaturated/α-hetero) is 1. The molecule has 12 heteroatoms. The molecular formula is C21H22N6O5S. The first-order valence-electron chi connectivity index (χ1n) is 9.79. The molecule has 0 aliphatic carbocycles. The number of hydrogen-bond acceptors (Lipinski definition) is 11. The second kappa shape index (κ2) is 9.69. The highest BCUT2D eigenvalue weighted by Gasteiger charge is 2.16. The third kappa shape index (κ3) is 4.80. The molecule has 1 aliphatic heterocycles. The quantitative estimate of drug-likeness (QED) is 0.158. The van der Waals surface area contributed by atoms with E-state index in [-0.39, 0.29) is 24.3 Å². The van der Waals surface area contributed by atoms with Crippen LogP contribution in [0.5, 0.6) is 23.0 Å². The molecule has 4 rings (SSSR count). The number of fused-ring (bicyclic) bond motifs is 1. The van der Waals surface area contributed by atoms with Gasteiger partial charge < -0.3 is 24.8 Å². The monoisotopic (exact) mass is 470 g/mol. The lowest BCUT2D eigenvalue weighted by molar-refractivity contribution is 0.102. The maximum atomic E-state index is 12.6. The van der Waals surface area contributed by atoms with Gasteiger partial charge in [-0.1, -0.05) is 11.8 Å². The molecule has 1 aromatic heterocycles. The largest absolute Gasteiger partial charge is 0.493 e.